The van der Waals surface area contributed by atoms with Crippen LogP contribution in [0, 0.1) is 17.1 Å². The molecule has 0 spiro atoms. The van der Waals surface area contributed by atoms with Gasteiger partial charge in [0.1, 0.15) is 11.9 Å². The summed E-state index contributed by atoms with van der Waals surface area (Å²) in [6.07, 6.45) is 1.04. The molecule has 8 nitrogen and oxygen atoms in total. The molecule has 0 unspecified atom stereocenters. The molecule has 0 bridgehead atoms. The van der Waals surface area contributed by atoms with Gasteiger partial charge in [0.05, 0.1) is 36.6 Å². The molecule has 3 rings (SSSR count). The van der Waals surface area contributed by atoms with Gasteiger partial charge in [-0.05, 0) is 44.9 Å². The molecule has 0 radical (unpaired) electrons. The van der Waals surface area contributed by atoms with Crippen molar-refractivity contribution in [3.8, 4) is 6.07 Å². The highest BCUT2D eigenvalue weighted by Gasteiger charge is 2.33. The summed E-state index contributed by atoms with van der Waals surface area (Å²) in [6, 6.07) is 6.70. The summed E-state index contributed by atoms with van der Waals surface area (Å²) in [6.45, 7) is 5.06. The summed E-state index contributed by atoms with van der Waals surface area (Å²) in [5.41, 5.74) is 1.94. The minimum absolute atomic E-state index is 0.112. The van der Waals surface area contributed by atoms with Gasteiger partial charge in [0.15, 0.2) is 0 Å². The smallest absolute Gasteiger partial charge is 0.414 e. The monoisotopic (exact) mass is 416 g/mol. The highest BCUT2D eigenvalue weighted by molar-refractivity contribution is 5.90. The van der Waals surface area contributed by atoms with Gasteiger partial charge in [-0.15, -0.1) is 0 Å². The molecule has 0 aromatic heterocycles. The second kappa shape index (κ2) is 9.48. The van der Waals surface area contributed by atoms with Crippen LogP contribution >= 0.6 is 0 Å². The molecule has 0 saturated carbocycles. The average Bonchev–Trinajstić information content (AvgIpc) is 3.07. The number of carbonyl (C=O) groups excluding carboxylic acids is 2. The fourth-order valence-electron chi connectivity index (χ4n) is 3.48. The Kier molecular flexibility index (Phi) is 6.77. The number of amides is 2. The summed E-state index contributed by atoms with van der Waals surface area (Å²) in [5, 5.41) is 11.3. The van der Waals surface area contributed by atoms with E-state index in [0.29, 0.717) is 24.5 Å². The van der Waals surface area contributed by atoms with E-state index < -0.39 is 24.1 Å². The van der Waals surface area contributed by atoms with E-state index >= 15 is 0 Å². The topological polar surface area (TPSA) is 94.9 Å². The SMILES string of the molecule is CC(C)OC(=O)NC[C@H]1CN(c2ccc(N3CCC(=CC#N)CC3)c(F)c2)C(=O)O1. The standard InChI is InChI=1S/C21H25FN4O4/c1-14(2)29-20(27)24-12-17-13-26(21(28)30-17)16-3-4-19(18(22)11-16)25-9-6-15(5-8-23)7-10-25/h3-5,11,14,17H,6-7,9-10,12-13H2,1-2H3,(H,24,27)/t17-/m0/s1. The Balaban J connectivity index is 1.60. The summed E-state index contributed by atoms with van der Waals surface area (Å²) in [7, 11) is 0. The first kappa shape index (κ1) is 21.4. The molecule has 9 heteroatoms. The van der Waals surface area contributed by atoms with Crippen molar-refractivity contribution in [1.29, 1.82) is 5.26 Å². The lowest BCUT2D eigenvalue weighted by Crippen LogP contribution is -2.36. The fourth-order valence-corrected chi connectivity index (χ4v) is 3.48. The molecule has 2 aliphatic heterocycles. The lowest BCUT2D eigenvalue weighted by atomic mass is 10.0. The zero-order valence-corrected chi connectivity index (χ0v) is 17.1. The summed E-state index contributed by atoms with van der Waals surface area (Å²) in [5.74, 6) is -0.421. The van der Waals surface area contributed by atoms with E-state index in [4.69, 9.17) is 14.7 Å². The van der Waals surface area contributed by atoms with Gasteiger partial charge in [0, 0.05) is 19.2 Å². The number of alkyl carbamates (subject to hydrolysis) is 1. The van der Waals surface area contributed by atoms with Crippen LogP contribution in [0.4, 0.5) is 25.4 Å². The Labute approximate surface area is 174 Å². The Hall–Kier alpha value is -3.28. The number of ether oxygens (including phenoxy) is 2. The van der Waals surface area contributed by atoms with Gasteiger partial charge >= 0.3 is 12.2 Å². The first-order valence-electron chi connectivity index (χ1n) is 9.92. The van der Waals surface area contributed by atoms with Crippen LogP contribution in [0.2, 0.25) is 0 Å². The first-order chi connectivity index (χ1) is 14.4. The van der Waals surface area contributed by atoms with Crippen molar-refractivity contribution in [2.75, 3.05) is 36.0 Å². The van der Waals surface area contributed by atoms with Crippen molar-refractivity contribution in [2.24, 2.45) is 0 Å². The van der Waals surface area contributed by atoms with Crippen molar-refractivity contribution >= 4 is 23.6 Å². The van der Waals surface area contributed by atoms with Gasteiger partial charge in [0.25, 0.3) is 0 Å². The predicted octanol–water partition coefficient (Wildman–Crippen LogP) is 3.34. The van der Waals surface area contributed by atoms with Crippen LogP contribution in [-0.2, 0) is 9.47 Å². The van der Waals surface area contributed by atoms with Crippen LogP contribution in [0.25, 0.3) is 0 Å². The third-order valence-corrected chi connectivity index (χ3v) is 4.95. The lowest BCUT2D eigenvalue weighted by Gasteiger charge is -2.30. The number of piperidine rings is 1. The number of rotatable bonds is 5. The number of hydrogen-bond donors (Lipinski definition) is 1. The molecule has 1 aromatic rings. The molecular weight excluding hydrogens is 391 g/mol. The third-order valence-electron chi connectivity index (χ3n) is 4.95. The van der Waals surface area contributed by atoms with E-state index in [-0.39, 0.29) is 19.2 Å². The van der Waals surface area contributed by atoms with Gasteiger partial charge < -0.3 is 19.7 Å². The number of cyclic esters (lactones) is 1. The molecule has 2 fully saturated rings. The average molecular weight is 416 g/mol. The molecule has 1 atom stereocenters. The normalized spacial score (nSPS) is 18.8. The largest absolute Gasteiger partial charge is 0.447 e. The molecule has 30 heavy (non-hydrogen) atoms. The summed E-state index contributed by atoms with van der Waals surface area (Å²) >= 11 is 0. The third kappa shape index (κ3) is 5.20. The molecule has 1 N–H and O–H groups in total. The fraction of sp³-hybridized carbons (Fsp3) is 0.476. The highest BCUT2D eigenvalue weighted by atomic mass is 19.1. The van der Waals surface area contributed by atoms with Crippen LogP contribution in [0.3, 0.4) is 0 Å². The zero-order chi connectivity index (χ0) is 21.7. The Morgan fingerprint density at radius 3 is 2.80 bits per heavy atom. The molecule has 0 aliphatic carbocycles. The van der Waals surface area contributed by atoms with Crippen LogP contribution < -0.4 is 15.1 Å². The minimum atomic E-state index is -0.588. The van der Waals surface area contributed by atoms with Crippen LogP contribution in [-0.4, -0.2) is 50.6 Å². The number of benzene rings is 1. The Morgan fingerprint density at radius 1 is 1.43 bits per heavy atom. The van der Waals surface area contributed by atoms with Gasteiger partial charge in [-0.1, -0.05) is 5.57 Å². The molecule has 2 saturated heterocycles. The quantitative estimate of drug-likeness (QED) is 0.740. The molecule has 2 heterocycles. The maximum absolute atomic E-state index is 14.8. The number of carbonyl (C=O) groups is 2. The van der Waals surface area contributed by atoms with Crippen molar-refractivity contribution in [1.82, 2.24) is 5.32 Å². The number of halogens is 1. The van der Waals surface area contributed by atoms with E-state index in [9.17, 15) is 14.0 Å². The number of allylic oxidation sites excluding steroid dienone is 1. The molecule has 2 aliphatic rings. The van der Waals surface area contributed by atoms with Crippen molar-refractivity contribution in [3.05, 3.63) is 35.7 Å². The number of nitriles is 1. The van der Waals surface area contributed by atoms with E-state index in [2.05, 4.69) is 5.32 Å². The second-order valence-electron chi connectivity index (χ2n) is 7.51. The second-order valence-corrected chi connectivity index (χ2v) is 7.51. The number of nitrogens with zero attached hydrogens (tertiary/aromatic N) is 3. The van der Waals surface area contributed by atoms with Crippen LogP contribution in [0.15, 0.2) is 29.8 Å². The summed E-state index contributed by atoms with van der Waals surface area (Å²) < 4.78 is 25.0. The van der Waals surface area contributed by atoms with E-state index in [0.717, 1.165) is 18.4 Å². The Morgan fingerprint density at radius 2 is 2.17 bits per heavy atom. The van der Waals surface area contributed by atoms with Crippen molar-refractivity contribution in [3.63, 3.8) is 0 Å². The molecular formula is C21H25FN4O4. The maximum Gasteiger partial charge on any atom is 0.414 e. The number of anilines is 2. The number of nitrogens with one attached hydrogen (secondary N) is 1. The van der Waals surface area contributed by atoms with E-state index in [1.165, 1.54) is 11.0 Å². The first-order valence-corrected chi connectivity index (χ1v) is 9.92. The molecule has 2 amide bonds. The zero-order valence-electron chi connectivity index (χ0n) is 17.1. The maximum atomic E-state index is 14.8. The van der Waals surface area contributed by atoms with Crippen LogP contribution in [0.1, 0.15) is 26.7 Å². The number of hydrogen-bond acceptors (Lipinski definition) is 6. The highest BCUT2D eigenvalue weighted by Crippen LogP contribution is 2.30. The van der Waals surface area contributed by atoms with Crippen molar-refractivity contribution < 1.29 is 23.5 Å². The van der Waals surface area contributed by atoms with Gasteiger partial charge in [-0.25, -0.2) is 14.0 Å². The summed E-state index contributed by atoms with van der Waals surface area (Å²) in [4.78, 5) is 27.0. The lowest BCUT2D eigenvalue weighted by molar-refractivity contribution is 0.105. The Bertz CT molecular complexity index is 870. The molecule has 1 aromatic carbocycles. The van der Waals surface area contributed by atoms with Gasteiger partial charge in [-0.2, -0.15) is 5.26 Å². The molecule has 160 valence electrons. The minimum Gasteiger partial charge on any atom is -0.447 e. The van der Waals surface area contributed by atoms with Gasteiger partial charge in [0.2, 0.25) is 0 Å². The van der Waals surface area contributed by atoms with E-state index in [1.807, 2.05) is 11.0 Å². The van der Waals surface area contributed by atoms with Crippen molar-refractivity contribution in [2.45, 2.75) is 38.9 Å². The van der Waals surface area contributed by atoms with Crippen LogP contribution in [0.5, 0.6) is 0 Å². The van der Waals surface area contributed by atoms with Gasteiger partial charge in [-0.3, -0.25) is 4.90 Å². The van der Waals surface area contributed by atoms with E-state index in [1.54, 1.807) is 32.1 Å². The predicted molar refractivity (Wildman–Crippen MR) is 109 cm³/mol.